The number of aliphatic imine (C=N–C) groups is 2. The fraction of sp³-hybridized carbons (Fsp3) is 0.474. The lowest BCUT2D eigenvalue weighted by Crippen LogP contribution is -2.51. The Labute approximate surface area is 195 Å². The number of thiazole rings is 1. The van der Waals surface area contributed by atoms with Crippen LogP contribution in [0.3, 0.4) is 0 Å². The molecule has 33 heavy (non-hydrogen) atoms. The molecule has 1 aromatic heterocycles. The summed E-state index contributed by atoms with van der Waals surface area (Å²) in [6, 6.07) is -1.31. The molecule has 2 atom stereocenters. The SMILES string of the molecule is NC(N)=NCCC[C@H](NC(=O)CN1C=CN[C@@H](CCCN=C(N)N)C1=O)C(=O)c1nccs1. The minimum atomic E-state index is -0.810. The molecule has 0 saturated carbocycles. The molecule has 2 rings (SSSR count). The van der Waals surface area contributed by atoms with E-state index in [4.69, 9.17) is 22.9 Å². The summed E-state index contributed by atoms with van der Waals surface area (Å²) in [6.45, 7) is 0.496. The highest BCUT2D eigenvalue weighted by molar-refractivity contribution is 7.11. The number of ketones is 1. The minimum absolute atomic E-state index is 0.00345. The third-order valence-corrected chi connectivity index (χ3v) is 5.42. The van der Waals surface area contributed by atoms with Crippen LogP contribution in [0.15, 0.2) is 34.0 Å². The Bertz CT molecular complexity index is 892. The number of hydrogen-bond acceptors (Lipinski definition) is 8. The van der Waals surface area contributed by atoms with E-state index in [-0.39, 0.29) is 30.2 Å². The lowest BCUT2D eigenvalue weighted by Gasteiger charge is -2.28. The minimum Gasteiger partial charge on any atom is -0.378 e. The summed E-state index contributed by atoms with van der Waals surface area (Å²) < 4.78 is 0. The van der Waals surface area contributed by atoms with Crippen molar-refractivity contribution in [1.82, 2.24) is 20.5 Å². The Morgan fingerprint density at radius 2 is 1.88 bits per heavy atom. The maximum absolute atomic E-state index is 12.8. The molecule has 1 aliphatic heterocycles. The molecular formula is C19H30N10O3S. The van der Waals surface area contributed by atoms with Crippen LogP contribution >= 0.6 is 11.3 Å². The maximum Gasteiger partial charge on any atom is 0.249 e. The topological polar surface area (TPSA) is 220 Å². The second-order valence-corrected chi connectivity index (χ2v) is 8.11. The molecule has 0 aliphatic carbocycles. The summed E-state index contributed by atoms with van der Waals surface area (Å²) in [5.41, 5.74) is 21.2. The van der Waals surface area contributed by atoms with E-state index in [1.165, 1.54) is 28.6 Å². The van der Waals surface area contributed by atoms with Gasteiger partial charge in [-0.05, 0) is 25.7 Å². The molecule has 0 bridgehead atoms. The van der Waals surface area contributed by atoms with Crippen molar-refractivity contribution in [2.24, 2.45) is 32.9 Å². The average molecular weight is 479 g/mol. The first-order chi connectivity index (χ1) is 15.8. The summed E-state index contributed by atoms with van der Waals surface area (Å²) in [6.07, 6.45) is 6.50. The molecule has 0 radical (unpaired) electrons. The van der Waals surface area contributed by atoms with Crippen molar-refractivity contribution in [3.63, 3.8) is 0 Å². The van der Waals surface area contributed by atoms with E-state index in [1.54, 1.807) is 11.6 Å². The molecule has 0 spiro atoms. The zero-order chi connectivity index (χ0) is 24.2. The fourth-order valence-electron chi connectivity index (χ4n) is 3.10. The van der Waals surface area contributed by atoms with Gasteiger partial charge in [0.1, 0.15) is 12.6 Å². The molecule has 0 fully saturated rings. The Kier molecular flexibility index (Phi) is 10.1. The third kappa shape index (κ3) is 8.76. The van der Waals surface area contributed by atoms with Crippen molar-refractivity contribution in [2.45, 2.75) is 37.8 Å². The number of amides is 2. The number of Topliss-reactive ketones (excluding diaryl/α,β-unsaturated/α-hetero) is 1. The van der Waals surface area contributed by atoms with E-state index < -0.39 is 18.0 Å². The van der Waals surface area contributed by atoms with Gasteiger partial charge in [-0.1, -0.05) is 0 Å². The molecule has 10 N–H and O–H groups in total. The largest absolute Gasteiger partial charge is 0.378 e. The van der Waals surface area contributed by atoms with Gasteiger partial charge in [0.05, 0.1) is 6.04 Å². The predicted octanol–water partition coefficient (Wildman–Crippen LogP) is -1.81. The number of nitrogens with one attached hydrogen (secondary N) is 2. The number of carbonyl (C=O) groups excluding carboxylic acids is 3. The molecule has 13 nitrogen and oxygen atoms in total. The molecule has 1 aromatic rings. The van der Waals surface area contributed by atoms with Crippen LogP contribution in [0.5, 0.6) is 0 Å². The van der Waals surface area contributed by atoms with E-state index in [0.29, 0.717) is 43.8 Å². The molecule has 0 saturated heterocycles. The smallest absolute Gasteiger partial charge is 0.249 e. The van der Waals surface area contributed by atoms with Gasteiger partial charge < -0.3 is 38.5 Å². The highest BCUT2D eigenvalue weighted by Crippen LogP contribution is 2.12. The maximum atomic E-state index is 12.8. The summed E-state index contributed by atoms with van der Waals surface area (Å²) in [5.74, 6) is -1.07. The normalized spacial score (nSPS) is 15.9. The summed E-state index contributed by atoms with van der Waals surface area (Å²) in [5, 5.41) is 7.66. The number of aromatic nitrogens is 1. The van der Waals surface area contributed by atoms with Gasteiger partial charge >= 0.3 is 0 Å². The van der Waals surface area contributed by atoms with Crippen LogP contribution in [0.25, 0.3) is 0 Å². The van der Waals surface area contributed by atoms with Crippen LogP contribution in [0.1, 0.15) is 35.5 Å². The monoisotopic (exact) mass is 478 g/mol. The molecule has 14 heteroatoms. The van der Waals surface area contributed by atoms with Gasteiger partial charge in [-0.15, -0.1) is 11.3 Å². The van der Waals surface area contributed by atoms with E-state index >= 15 is 0 Å². The highest BCUT2D eigenvalue weighted by atomic mass is 32.1. The number of nitrogens with zero attached hydrogens (tertiary/aromatic N) is 4. The zero-order valence-corrected chi connectivity index (χ0v) is 19.0. The van der Waals surface area contributed by atoms with Gasteiger partial charge in [0.15, 0.2) is 16.9 Å². The Hall–Kier alpha value is -3.68. The Morgan fingerprint density at radius 1 is 1.18 bits per heavy atom. The van der Waals surface area contributed by atoms with Crippen LogP contribution in [0.2, 0.25) is 0 Å². The number of guanidine groups is 2. The first-order valence-electron chi connectivity index (χ1n) is 10.3. The Morgan fingerprint density at radius 3 is 2.52 bits per heavy atom. The highest BCUT2D eigenvalue weighted by Gasteiger charge is 2.28. The molecule has 0 aromatic carbocycles. The van der Waals surface area contributed by atoms with Gasteiger partial charge in [-0.2, -0.15) is 0 Å². The molecule has 180 valence electrons. The zero-order valence-electron chi connectivity index (χ0n) is 18.1. The van der Waals surface area contributed by atoms with Crippen molar-refractivity contribution in [2.75, 3.05) is 19.6 Å². The van der Waals surface area contributed by atoms with Crippen LogP contribution in [0, 0.1) is 0 Å². The average Bonchev–Trinajstić information content (AvgIpc) is 3.30. The molecular weight excluding hydrogens is 448 g/mol. The number of rotatable bonds is 13. The van der Waals surface area contributed by atoms with Crippen molar-refractivity contribution in [3.8, 4) is 0 Å². The van der Waals surface area contributed by atoms with Gasteiger partial charge in [-0.3, -0.25) is 24.4 Å². The molecule has 1 aliphatic rings. The lowest BCUT2D eigenvalue weighted by atomic mass is 10.1. The summed E-state index contributed by atoms with van der Waals surface area (Å²) in [7, 11) is 0. The summed E-state index contributed by atoms with van der Waals surface area (Å²) in [4.78, 5) is 51.3. The van der Waals surface area contributed by atoms with Crippen LogP contribution < -0.4 is 33.6 Å². The standard InChI is InChI=1S/C19H30N10O3S/c20-18(21)26-5-1-3-12(15(31)16-25-8-10-33-16)28-14(30)11-29-9-7-24-13(17(29)32)4-2-6-27-19(22)23/h7-10,12-13,24H,1-6,11H2,(H,28,30)(H4,20,21,26)(H4,22,23,27)/t12-,13-/m0/s1. The van der Waals surface area contributed by atoms with Gasteiger partial charge in [0, 0.05) is 37.1 Å². The number of hydrogen-bond donors (Lipinski definition) is 6. The summed E-state index contributed by atoms with van der Waals surface area (Å²) >= 11 is 1.19. The van der Waals surface area contributed by atoms with Crippen molar-refractivity contribution in [1.29, 1.82) is 0 Å². The first-order valence-corrected chi connectivity index (χ1v) is 11.2. The predicted molar refractivity (Wildman–Crippen MR) is 126 cm³/mol. The van der Waals surface area contributed by atoms with Crippen LogP contribution in [-0.2, 0) is 9.59 Å². The van der Waals surface area contributed by atoms with Gasteiger partial charge in [-0.25, -0.2) is 4.98 Å². The van der Waals surface area contributed by atoms with Crippen molar-refractivity contribution in [3.05, 3.63) is 29.0 Å². The second kappa shape index (κ2) is 13.0. The molecule has 2 amide bonds. The number of carbonyl (C=O) groups is 3. The van der Waals surface area contributed by atoms with Crippen LogP contribution in [0.4, 0.5) is 0 Å². The second-order valence-electron chi connectivity index (χ2n) is 7.22. The van der Waals surface area contributed by atoms with Crippen molar-refractivity contribution >= 4 is 40.9 Å². The quantitative estimate of drug-likeness (QED) is 0.0812. The van der Waals surface area contributed by atoms with Crippen LogP contribution in [-0.4, -0.2) is 71.1 Å². The first kappa shape index (κ1) is 25.6. The van der Waals surface area contributed by atoms with E-state index in [0.717, 1.165) is 0 Å². The molecule has 2 heterocycles. The lowest BCUT2D eigenvalue weighted by molar-refractivity contribution is -0.135. The van der Waals surface area contributed by atoms with Gasteiger partial charge in [0.25, 0.3) is 0 Å². The number of nitrogens with two attached hydrogens (primary N) is 4. The van der Waals surface area contributed by atoms with Crippen molar-refractivity contribution < 1.29 is 14.4 Å². The fourth-order valence-corrected chi connectivity index (χ4v) is 3.73. The van der Waals surface area contributed by atoms with E-state index in [2.05, 4.69) is 25.6 Å². The van der Waals surface area contributed by atoms with E-state index in [9.17, 15) is 14.4 Å². The third-order valence-electron chi connectivity index (χ3n) is 4.63. The van der Waals surface area contributed by atoms with Gasteiger partial charge in [0.2, 0.25) is 17.6 Å². The molecule has 0 unspecified atom stereocenters. The van der Waals surface area contributed by atoms with E-state index in [1.807, 2.05) is 0 Å². The Balaban J connectivity index is 1.94.